The summed E-state index contributed by atoms with van der Waals surface area (Å²) in [5.74, 6) is 0. The molecule has 1 aliphatic rings. The fourth-order valence-corrected chi connectivity index (χ4v) is 3.02. The molecule has 0 aromatic rings. The molecule has 0 atom stereocenters. The Kier molecular flexibility index (Phi) is 5.15. The van der Waals surface area contributed by atoms with Gasteiger partial charge in [0, 0.05) is 25.4 Å². The third-order valence-corrected chi connectivity index (χ3v) is 3.62. The highest BCUT2D eigenvalue weighted by Crippen LogP contribution is 2.08. The van der Waals surface area contributed by atoms with Crippen molar-refractivity contribution in [2.24, 2.45) is 0 Å². The molecular formula is C6H10Cl2N2OSi2. The first-order chi connectivity index (χ1) is 6.29. The van der Waals surface area contributed by atoms with E-state index in [0.717, 1.165) is 19.5 Å². The second-order valence-electron chi connectivity index (χ2n) is 2.75. The molecule has 4 radical (unpaired) electrons. The summed E-state index contributed by atoms with van der Waals surface area (Å²) in [4.78, 5) is 15.2. The molecule has 0 bridgehead atoms. The molecule has 72 valence electrons. The maximum Gasteiger partial charge on any atom is 0.319 e. The average molecular weight is 253 g/mol. The zero-order valence-corrected chi connectivity index (χ0v) is 10.6. The van der Waals surface area contributed by atoms with Crippen molar-refractivity contribution in [2.45, 2.75) is 6.42 Å². The lowest BCUT2D eigenvalue weighted by atomic mass is 10.3. The standard InChI is InChI=1S/C6H10Cl2N2OSi2/c7-12-4-9-2-1-3-10(5-13-8)6(9)11/h1-5H2. The number of urea groups is 1. The van der Waals surface area contributed by atoms with Gasteiger partial charge in [0.1, 0.15) is 0 Å². The Bertz CT molecular complexity index is 164. The number of hydrogen-bond donors (Lipinski definition) is 0. The van der Waals surface area contributed by atoms with Gasteiger partial charge in [-0.1, -0.05) is 0 Å². The fourth-order valence-electron chi connectivity index (χ4n) is 1.28. The Labute approximate surface area is 92.4 Å². The first-order valence-corrected chi connectivity index (χ1v) is 8.44. The van der Waals surface area contributed by atoms with Crippen LogP contribution in [-0.2, 0) is 0 Å². The van der Waals surface area contributed by atoms with E-state index in [1.54, 1.807) is 9.80 Å². The molecule has 1 aliphatic heterocycles. The fraction of sp³-hybridized carbons (Fsp3) is 0.833. The van der Waals surface area contributed by atoms with Crippen molar-refractivity contribution in [3.8, 4) is 0 Å². The molecular weight excluding hydrogens is 243 g/mol. The van der Waals surface area contributed by atoms with E-state index in [1.165, 1.54) is 0 Å². The van der Waals surface area contributed by atoms with Crippen LogP contribution in [0.25, 0.3) is 0 Å². The molecule has 3 nitrogen and oxygen atoms in total. The van der Waals surface area contributed by atoms with Crippen LogP contribution >= 0.6 is 22.2 Å². The lowest BCUT2D eigenvalue weighted by molar-refractivity contribution is 0.146. The van der Waals surface area contributed by atoms with Gasteiger partial charge in [0.2, 0.25) is 0 Å². The maximum atomic E-state index is 11.6. The van der Waals surface area contributed by atoms with Crippen LogP contribution in [0.4, 0.5) is 4.79 Å². The number of carbonyl (C=O) groups excluding carboxylic acids is 1. The van der Waals surface area contributed by atoms with Crippen LogP contribution < -0.4 is 0 Å². The molecule has 1 heterocycles. The molecule has 13 heavy (non-hydrogen) atoms. The van der Waals surface area contributed by atoms with Crippen LogP contribution in [0.3, 0.4) is 0 Å². The molecule has 0 aromatic carbocycles. The highest BCUT2D eigenvalue weighted by atomic mass is 35.6. The number of carbonyl (C=O) groups is 1. The van der Waals surface area contributed by atoms with Crippen LogP contribution in [0.1, 0.15) is 6.42 Å². The van der Waals surface area contributed by atoms with Gasteiger partial charge in [-0.3, -0.25) is 0 Å². The second-order valence-corrected chi connectivity index (χ2v) is 5.52. The van der Waals surface area contributed by atoms with Crippen molar-refractivity contribution in [3.63, 3.8) is 0 Å². The molecule has 1 saturated heterocycles. The summed E-state index contributed by atoms with van der Waals surface area (Å²) in [6, 6.07) is 0.0903. The molecule has 1 fully saturated rings. The summed E-state index contributed by atoms with van der Waals surface area (Å²) in [6.45, 7) is 1.67. The second kappa shape index (κ2) is 5.90. The van der Waals surface area contributed by atoms with Gasteiger partial charge < -0.3 is 9.80 Å². The summed E-state index contributed by atoms with van der Waals surface area (Å²) in [5.41, 5.74) is 0. The molecule has 0 saturated carbocycles. The molecule has 2 amide bonds. The van der Waals surface area contributed by atoms with Crippen molar-refractivity contribution in [1.29, 1.82) is 0 Å². The van der Waals surface area contributed by atoms with E-state index in [2.05, 4.69) is 0 Å². The molecule has 0 unspecified atom stereocenters. The van der Waals surface area contributed by atoms with Gasteiger partial charge in [0.25, 0.3) is 0 Å². The largest absolute Gasteiger partial charge is 0.327 e. The molecule has 0 spiro atoms. The molecule has 0 aliphatic carbocycles. The lowest BCUT2D eigenvalue weighted by Gasteiger charge is -2.34. The number of nitrogens with zero attached hydrogens (tertiary/aromatic N) is 2. The van der Waals surface area contributed by atoms with Gasteiger partial charge in [0.15, 0.2) is 17.7 Å². The molecule has 0 aromatic heterocycles. The molecule has 1 rings (SSSR count). The zero-order valence-electron chi connectivity index (χ0n) is 7.09. The van der Waals surface area contributed by atoms with Crippen LogP contribution in [0.15, 0.2) is 0 Å². The Morgan fingerprint density at radius 3 is 2.00 bits per heavy atom. The van der Waals surface area contributed by atoms with E-state index >= 15 is 0 Å². The third kappa shape index (κ3) is 3.16. The van der Waals surface area contributed by atoms with Crippen molar-refractivity contribution in [2.75, 3.05) is 25.4 Å². The van der Waals surface area contributed by atoms with E-state index < -0.39 is 0 Å². The minimum absolute atomic E-state index is 0.0903. The van der Waals surface area contributed by atoms with Crippen molar-refractivity contribution in [1.82, 2.24) is 9.80 Å². The topological polar surface area (TPSA) is 23.6 Å². The van der Waals surface area contributed by atoms with E-state index in [0.29, 0.717) is 12.3 Å². The van der Waals surface area contributed by atoms with Crippen LogP contribution in [0.2, 0.25) is 0 Å². The van der Waals surface area contributed by atoms with Crippen molar-refractivity contribution in [3.05, 3.63) is 0 Å². The SMILES string of the molecule is O=C1N(C[Si]Cl)CCCN1C[Si]Cl. The summed E-state index contributed by atoms with van der Waals surface area (Å²) in [7, 11) is 0.573. The number of halogens is 2. The highest BCUT2D eigenvalue weighted by molar-refractivity contribution is 6.94. The number of amides is 2. The monoisotopic (exact) mass is 252 g/mol. The van der Waals surface area contributed by atoms with Gasteiger partial charge in [-0.25, -0.2) is 4.79 Å². The first-order valence-electron chi connectivity index (χ1n) is 4.00. The van der Waals surface area contributed by atoms with Gasteiger partial charge in [-0.05, 0) is 6.42 Å². The van der Waals surface area contributed by atoms with Gasteiger partial charge in [-0.15, -0.1) is 0 Å². The summed E-state index contributed by atoms with van der Waals surface area (Å²) < 4.78 is 0. The number of rotatable bonds is 4. The van der Waals surface area contributed by atoms with Gasteiger partial charge >= 0.3 is 6.03 Å². The molecule has 0 N–H and O–H groups in total. The molecule has 7 heteroatoms. The Morgan fingerprint density at radius 2 is 1.62 bits per heavy atom. The van der Waals surface area contributed by atoms with Crippen LogP contribution in [0.5, 0.6) is 0 Å². The van der Waals surface area contributed by atoms with Gasteiger partial charge in [-0.2, -0.15) is 22.2 Å². The summed E-state index contributed by atoms with van der Waals surface area (Å²) >= 11 is 11.2. The van der Waals surface area contributed by atoms with Crippen molar-refractivity contribution >= 4 is 45.8 Å². The van der Waals surface area contributed by atoms with E-state index in [-0.39, 0.29) is 23.7 Å². The summed E-state index contributed by atoms with van der Waals surface area (Å²) in [5, 5.41) is 0. The zero-order chi connectivity index (χ0) is 9.68. The summed E-state index contributed by atoms with van der Waals surface area (Å²) in [6.07, 6.45) is 2.36. The van der Waals surface area contributed by atoms with E-state index in [1.807, 2.05) is 0 Å². The predicted molar refractivity (Wildman–Crippen MR) is 56.4 cm³/mol. The third-order valence-electron chi connectivity index (χ3n) is 1.90. The normalized spacial score (nSPS) is 18.2. The first kappa shape index (κ1) is 11.4. The quantitative estimate of drug-likeness (QED) is 0.535. The van der Waals surface area contributed by atoms with Crippen molar-refractivity contribution < 1.29 is 4.79 Å². The van der Waals surface area contributed by atoms with Crippen LogP contribution in [0, 0.1) is 0 Å². The average Bonchev–Trinajstić information content (AvgIpc) is 2.13. The number of hydrogen-bond acceptors (Lipinski definition) is 1. The van der Waals surface area contributed by atoms with Crippen LogP contribution in [-0.4, -0.2) is 58.9 Å². The predicted octanol–water partition coefficient (Wildman–Crippen LogP) is 0.745. The Hall–Kier alpha value is 0.284. The van der Waals surface area contributed by atoms with E-state index in [4.69, 9.17) is 22.2 Å². The smallest absolute Gasteiger partial charge is 0.319 e. The minimum Gasteiger partial charge on any atom is -0.327 e. The van der Waals surface area contributed by atoms with Gasteiger partial charge in [0.05, 0.1) is 0 Å². The van der Waals surface area contributed by atoms with E-state index in [9.17, 15) is 4.79 Å². The Balaban J connectivity index is 2.45. The maximum absolute atomic E-state index is 11.6. The highest BCUT2D eigenvalue weighted by Gasteiger charge is 2.24. The minimum atomic E-state index is 0.0903. The lowest BCUT2D eigenvalue weighted by Crippen LogP contribution is -2.50. The Morgan fingerprint density at radius 1 is 1.15 bits per heavy atom.